The van der Waals surface area contributed by atoms with E-state index in [9.17, 15) is 5.11 Å². The normalized spacial score (nSPS) is 18.8. The second kappa shape index (κ2) is 4.38. The molecular formula is C14H18N2O. The number of aliphatic hydroxyl groups is 1. The van der Waals surface area contributed by atoms with E-state index in [0.717, 1.165) is 42.7 Å². The lowest BCUT2D eigenvalue weighted by atomic mass is 9.93. The van der Waals surface area contributed by atoms with E-state index in [1.807, 2.05) is 32.0 Å². The van der Waals surface area contributed by atoms with Crippen molar-refractivity contribution < 1.29 is 5.11 Å². The van der Waals surface area contributed by atoms with E-state index >= 15 is 0 Å². The van der Waals surface area contributed by atoms with E-state index in [0.29, 0.717) is 0 Å². The zero-order chi connectivity index (χ0) is 12.5. The Morgan fingerprint density at radius 2 is 2.00 bits per heavy atom. The molecule has 90 valence electrons. The highest BCUT2D eigenvalue weighted by molar-refractivity contribution is 5.60. The summed E-state index contributed by atoms with van der Waals surface area (Å²) in [5, 5.41) is 19.1. The number of benzene rings is 1. The fourth-order valence-corrected chi connectivity index (χ4v) is 2.24. The Kier molecular flexibility index (Phi) is 3.08. The van der Waals surface area contributed by atoms with Crippen molar-refractivity contribution in [3.05, 3.63) is 29.3 Å². The van der Waals surface area contributed by atoms with Crippen LogP contribution in [0.4, 0.5) is 5.69 Å². The third-order valence-electron chi connectivity index (χ3n) is 3.45. The molecule has 17 heavy (non-hydrogen) atoms. The van der Waals surface area contributed by atoms with E-state index in [-0.39, 0.29) is 0 Å². The smallest absolute Gasteiger partial charge is 0.101 e. The molecule has 0 spiro atoms. The number of nitriles is 1. The molecule has 0 aliphatic carbocycles. The van der Waals surface area contributed by atoms with Crippen molar-refractivity contribution in [1.82, 2.24) is 0 Å². The van der Waals surface area contributed by atoms with Crippen LogP contribution in [0.15, 0.2) is 18.2 Å². The first-order chi connectivity index (χ1) is 8.02. The summed E-state index contributed by atoms with van der Waals surface area (Å²) in [6, 6.07) is 8.21. The van der Waals surface area contributed by atoms with Crippen molar-refractivity contribution in [3.8, 4) is 6.07 Å². The van der Waals surface area contributed by atoms with Gasteiger partial charge in [-0.3, -0.25) is 0 Å². The fraction of sp³-hybridized carbons (Fsp3) is 0.500. The Morgan fingerprint density at radius 3 is 2.59 bits per heavy atom. The number of aryl methyl sites for hydroxylation is 1. The van der Waals surface area contributed by atoms with E-state index in [1.165, 1.54) is 0 Å². The largest absolute Gasteiger partial charge is 0.390 e. The van der Waals surface area contributed by atoms with Gasteiger partial charge in [-0.25, -0.2) is 0 Å². The van der Waals surface area contributed by atoms with Crippen molar-refractivity contribution >= 4 is 5.69 Å². The van der Waals surface area contributed by atoms with Crippen LogP contribution in [0.2, 0.25) is 0 Å². The van der Waals surface area contributed by atoms with Gasteiger partial charge in [0.05, 0.1) is 16.9 Å². The SMILES string of the molecule is Cc1ccc(N2CCC(C)(O)CC2)c(C#N)c1. The second-order valence-electron chi connectivity index (χ2n) is 5.12. The van der Waals surface area contributed by atoms with E-state index in [1.54, 1.807) is 0 Å². The summed E-state index contributed by atoms with van der Waals surface area (Å²) < 4.78 is 0. The van der Waals surface area contributed by atoms with Gasteiger partial charge in [-0.05, 0) is 44.4 Å². The number of anilines is 1. The number of piperidine rings is 1. The topological polar surface area (TPSA) is 47.3 Å². The van der Waals surface area contributed by atoms with Gasteiger partial charge < -0.3 is 10.0 Å². The average molecular weight is 230 g/mol. The van der Waals surface area contributed by atoms with E-state index in [4.69, 9.17) is 5.26 Å². The summed E-state index contributed by atoms with van der Waals surface area (Å²) in [6.07, 6.45) is 1.51. The first kappa shape index (κ1) is 11.9. The Hall–Kier alpha value is -1.53. The summed E-state index contributed by atoms with van der Waals surface area (Å²) in [5.74, 6) is 0. The maximum absolute atomic E-state index is 9.92. The van der Waals surface area contributed by atoms with Gasteiger partial charge in [0.2, 0.25) is 0 Å². The Balaban J connectivity index is 2.22. The minimum absolute atomic E-state index is 0.548. The zero-order valence-corrected chi connectivity index (χ0v) is 10.4. The van der Waals surface area contributed by atoms with Gasteiger partial charge in [-0.1, -0.05) is 6.07 Å². The van der Waals surface area contributed by atoms with Crippen LogP contribution in [0.1, 0.15) is 30.9 Å². The lowest BCUT2D eigenvalue weighted by molar-refractivity contribution is 0.0351. The molecule has 3 heteroatoms. The quantitative estimate of drug-likeness (QED) is 0.804. The van der Waals surface area contributed by atoms with Crippen LogP contribution in [0.25, 0.3) is 0 Å². The number of nitrogens with zero attached hydrogens (tertiary/aromatic N) is 2. The van der Waals surface area contributed by atoms with Gasteiger partial charge in [-0.2, -0.15) is 5.26 Å². The molecule has 0 bridgehead atoms. The Labute approximate surface area is 102 Å². The Bertz CT molecular complexity index is 450. The van der Waals surface area contributed by atoms with Gasteiger partial charge >= 0.3 is 0 Å². The highest BCUT2D eigenvalue weighted by Gasteiger charge is 2.28. The standard InChI is InChI=1S/C14H18N2O/c1-11-3-4-13(12(9-11)10-15)16-7-5-14(2,17)6-8-16/h3-4,9,17H,5-8H2,1-2H3. The van der Waals surface area contributed by atoms with Gasteiger partial charge in [-0.15, -0.1) is 0 Å². The predicted molar refractivity (Wildman–Crippen MR) is 68.0 cm³/mol. The summed E-state index contributed by atoms with van der Waals surface area (Å²) in [4.78, 5) is 2.19. The zero-order valence-electron chi connectivity index (χ0n) is 10.4. The third kappa shape index (κ3) is 2.59. The molecule has 3 nitrogen and oxygen atoms in total. The highest BCUT2D eigenvalue weighted by Crippen LogP contribution is 2.28. The van der Waals surface area contributed by atoms with Crippen molar-refractivity contribution in [2.75, 3.05) is 18.0 Å². The minimum Gasteiger partial charge on any atom is -0.390 e. The first-order valence-electron chi connectivity index (χ1n) is 6.00. The summed E-state index contributed by atoms with van der Waals surface area (Å²) in [5.41, 5.74) is 2.28. The van der Waals surface area contributed by atoms with Crippen molar-refractivity contribution in [1.29, 1.82) is 5.26 Å². The van der Waals surface area contributed by atoms with Crippen LogP contribution >= 0.6 is 0 Å². The summed E-state index contributed by atoms with van der Waals surface area (Å²) in [6.45, 7) is 5.49. The monoisotopic (exact) mass is 230 g/mol. The Morgan fingerprint density at radius 1 is 1.35 bits per heavy atom. The molecule has 1 aromatic carbocycles. The maximum Gasteiger partial charge on any atom is 0.101 e. The lowest BCUT2D eigenvalue weighted by Crippen LogP contribution is -2.42. The first-order valence-corrected chi connectivity index (χ1v) is 6.00. The highest BCUT2D eigenvalue weighted by atomic mass is 16.3. The maximum atomic E-state index is 9.92. The van der Waals surface area contributed by atoms with Gasteiger partial charge in [0, 0.05) is 13.1 Å². The van der Waals surface area contributed by atoms with Crippen LogP contribution in [0.3, 0.4) is 0 Å². The molecule has 1 aliphatic heterocycles. The van der Waals surface area contributed by atoms with Crippen LogP contribution in [-0.2, 0) is 0 Å². The minimum atomic E-state index is -0.548. The molecule has 1 aromatic rings. The molecule has 1 saturated heterocycles. The molecule has 1 aliphatic rings. The van der Waals surface area contributed by atoms with Crippen molar-refractivity contribution in [2.45, 2.75) is 32.3 Å². The molecule has 0 aromatic heterocycles. The molecule has 0 atom stereocenters. The van der Waals surface area contributed by atoms with Crippen LogP contribution in [0.5, 0.6) is 0 Å². The van der Waals surface area contributed by atoms with Crippen LogP contribution in [-0.4, -0.2) is 23.8 Å². The summed E-state index contributed by atoms with van der Waals surface area (Å²) in [7, 11) is 0. The molecule has 0 unspecified atom stereocenters. The van der Waals surface area contributed by atoms with Gasteiger partial charge in [0.1, 0.15) is 6.07 Å². The van der Waals surface area contributed by atoms with Gasteiger partial charge in [0.25, 0.3) is 0 Å². The van der Waals surface area contributed by atoms with E-state index < -0.39 is 5.60 Å². The molecule has 1 fully saturated rings. The third-order valence-corrected chi connectivity index (χ3v) is 3.45. The molecule has 0 amide bonds. The summed E-state index contributed by atoms with van der Waals surface area (Å²) >= 11 is 0. The second-order valence-corrected chi connectivity index (χ2v) is 5.12. The van der Waals surface area contributed by atoms with Gasteiger partial charge in [0.15, 0.2) is 0 Å². The number of rotatable bonds is 1. The van der Waals surface area contributed by atoms with Crippen molar-refractivity contribution in [2.24, 2.45) is 0 Å². The van der Waals surface area contributed by atoms with E-state index in [2.05, 4.69) is 11.0 Å². The molecule has 1 heterocycles. The van der Waals surface area contributed by atoms with Crippen molar-refractivity contribution in [3.63, 3.8) is 0 Å². The van der Waals surface area contributed by atoms with Crippen LogP contribution in [0, 0.1) is 18.3 Å². The molecule has 0 radical (unpaired) electrons. The molecule has 1 N–H and O–H groups in total. The lowest BCUT2D eigenvalue weighted by Gasteiger charge is -2.37. The molecule has 0 saturated carbocycles. The van der Waals surface area contributed by atoms with Crippen LogP contribution < -0.4 is 4.90 Å². The number of hydrogen-bond acceptors (Lipinski definition) is 3. The molecule has 2 rings (SSSR count). The average Bonchev–Trinajstić information content (AvgIpc) is 2.29. The fourth-order valence-electron chi connectivity index (χ4n) is 2.24. The predicted octanol–water partition coefficient (Wildman–Crippen LogP) is 2.22. The number of hydrogen-bond donors (Lipinski definition) is 1. The molecular weight excluding hydrogens is 212 g/mol.